The Morgan fingerprint density at radius 1 is 1.28 bits per heavy atom. The first-order valence-corrected chi connectivity index (χ1v) is 7.27. The Hall–Kier alpha value is -1.02. The summed E-state index contributed by atoms with van der Waals surface area (Å²) in [5.41, 5.74) is 9.12. The van der Waals surface area contributed by atoms with Gasteiger partial charge in [-0.2, -0.15) is 0 Å². The molecule has 1 saturated carbocycles. The number of para-hydroxylation sites is 1. The average molecular weight is 245 g/mol. The predicted octanol–water partition coefficient (Wildman–Crippen LogP) is 3.45. The van der Waals surface area contributed by atoms with Crippen molar-refractivity contribution in [3.8, 4) is 5.75 Å². The molecule has 2 nitrogen and oxygen atoms in total. The summed E-state index contributed by atoms with van der Waals surface area (Å²) >= 11 is 0. The second-order valence-electron chi connectivity index (χ2n) is 5.89. The molecule has 2 aliphatic rings. The number of fused-ring (bicyclic) bond motifs is 1. The first kappa shape index (κ1) is 12.0. The van der Waals surface area contributed by atoms with Crippen LogP contribution in [0, 0.1) is 11.8 Å². The molecular weight excluding hydrogens is 222 g/mol. The second kappa shape index (κ2) is 4.93. The molecule has 0 aromatic heterocycles. The molecule has 2 heteroatoms. The van der Waals surface area contributed by atoms with Gasteiger partial charge in [-0.25, -0.2) is 0 Å². The van der Waals surface area contributed by atoms with Crippen LogP contribution >= 0.6 is 0 Å². The molecule has 1 fully saturated rings. The molecule has 2 N–H and O–H groups in total. The van der Waals surface area contributed by atoms with E-state index >= 15 is 0 Å². The highest BCUT2D eigenvalue weighted by molar-refractivity contribution is 5.44. The van der Waals surface area contributed by atoms with Gasteiger partial charge in [0.2, 0.25) is 0 Å². The molecule has 1 aromatic rings. The van der Waals surface area contributed by atoms with Crippen molar-refractivity contribution in [1.29, 1.82) is 0 Å². The smallest absolute Gasteiger partial charge is 0.127 e. The van der Waals surface area contributed by atoms with Gasteiger partial charge in [-0.3, -0.25) is 0 Å². The minimum Gasteiger partial charge on any atom is -0.493 e. The summed E-state index contributed by atoms with van der Waals surface area (Å²) < 4.78 is 5.89. The van der Waals surface area contributed by atoms with Gasteiger partial charge in [0.05, 0.1) is 6.61 Å². The summed E-state index contributed by atoms with van der Waals surface area (Å²) in [6, 6.07) is 6.64. The Labute approximate surface area is 110 Å². The van der Waals surface area contributed by atoms with E-state index in [0.29, 0.717) is 5.92 Å². The minimum absolute atomic E-state index is 0.149. The van der Waals surface area contributed by atoms with Crippen molar-refractivity contribution < 1.29 is 4.74 Å². The van der Waals surface area contributed by atoms with Crippen LogP contribution in [-0.2, 0) is 6.42 Å². The summed E-state index contributed by atoms with van der Waals surface area (Å²) in [6.07, 6.45) is 6.19. The molecule has 0 saturated heterocycles. The van der Waals surface area contributed by atoms with E-state index in [2.05, 4.69) is 25.1 Å². The molecule has 0 spiro atoms. The van der Waals surface area contributed by atoms with Crippen LogP contribution in [0.2, 0.25) is 0 Å². The van der Waals surface area contributed by atoms with Gasteiger partial charge >= 0.3 is 0 Å². The fraction of sp³-hybridized carbons (Fsp3) is 0.625. The standard InChI is InChI=1S/C16H23NO/c1-11-5-2-8-13(11)15(17)14-9-3-6-12-7-4-10-18-16(12)14/h3,6,9,11,13,15H,2,4-5,7-8,10,17H2,1H3. The zero-order valence-corrected chi connectivity index (χ0v) is 11.2. The second-order valence-corrected chi connectivity index (χ2v) is 5.89. The van der Waals surface area contributed by atoms with Gasteiger partial charge in [0.15, 0.2) is 0 Å². The lowest BCUT2D eigenvalue weighted by atomic mass is 9.85. The number of nitrogens with two attached hydrogens (primary N) is 1. The zero-order chi connectivity index (χ0) is 12.5. The average Bonchev–Trinajstić information content (AvgIpc) is 2.83. The van der Waals surface area contributed by atoms with E-state index in [0.717, 1.165) is 31.1 Å². The predicted molar refractivity (Wildman–Crippen MR) is 73.7 cm³/mol. The van der Waals surface area contributed by atoms with Gasteiger partial charge in [0, 0.05) is 11.6 Å². The van der Waals surface area contributed by atoms with Gasteiger partial charge in [0.1, 0.15) is 5.75 Å². The van der Waals surface area contributed by atoms with Crippen LogP contribution in [0.1, 0.15) is 49.8 Å². The molecule has 1 heterocycles. The van der Waals surface area contributed by atoms with Crippen molar-refractivity contribution in [3.63, 3.8) is 0 Å². The van der Waals surface area contributed by atoms with Crippen LogP contribution < -0.4 is 10.5 Å². The van der Waals surface area contributed by atoms with Crippen molar-refractivity contribution in [3.05, 3.63) is 29.3 Å². The number of aryl methyl sites for hydroxylation is 1. The maximum absolute atomic E-state index is 6.53. The molecule has 3 unspecified atom stereocenters. The van der Waals surface area contributed by atoms with Crippen LogP contribution in [0.15, 0.2) is 18.2 Å². The lowest BCUT2D eigenvalue weighted by Crippen LogP contribution is -2.25. The van der Waals surface area contributed by atoms with Crippen LogP contribution in [0.5, 0.6) is 5.75 Å². The van der Waals surface area contributed by atoms with Crippen molar-refractivity contribution in [2.75, 3.05) is 6.61 Å². The fourth-order valence-electron chi connectivity index (χ4n) is 3.62. The molecule has 1 aromatic carbocycles. The first-order valence-electron chi connectivity index (χ1n) is 7.27. The van der Waals surface area contributed by atoms with Gasteiger partial charge in [-0.15, -0.1) is 0 Å². The summed E-state index contributed by atoms with van der Waals surface area (Å²) in [7, 11) is 0. The number of hydrogen-bond donors (Lipinski definition) is 1. The molecule has 1 aliphatic carbocycles. The molecule has 0 amide bonds. The topological polar surface area (TPSA) is 35.2 Å². The largest absolute Gasteiger partial charge is 0.493 e. The van der Waals surface area contributed by atoms with E-state index in [1.807, 2.05) is 0 Å². The zero-order valence-electron chi connectivity index (χ0n) is 11.2. The number of hydrogen-bond acceptors (Lipinski definition) is 2. The Kier molecular flexibility index (Phi) is 3.29. The maximum Gasteiger partial charge on any atom is 0.127 e. The monoisotopic (exact) mass is 245 g/mol. The first-order chi connectivity index (χ1) is 8.77. The third-order valence-electron chi connectivity index (χ3n) is 4.71. The van der Waals surface area contributed by atoms with E-state index in [9.17, 15) is 0 Å². The van der Waals surface area contributed by atoms with Crippen molar-refractivity contribution in [2.24, 2.45) is 17.6 Å². The van der Waals surface area contributed by atoms with E-state index in [1.165, 1.54) is 30.4 Å². The maximum atomic E-state index is 6.53. The van der Waals surface area contributed by atoms with E-state index in [-0.39, 0.29) is 6.04 Å². The number of rotatable bonds is 2. The van der Waals surface area contributed by atoms with Gasteiger partial charge < -0.3 is 10.5 Å². The molecule has 3 rings (SSSR count). The lowest BCUT2D eigenvalue weighted by Gasteiger charge is -2.28. The van der Waals surface area contributed by atoms with E-state index in [1.54, 1.807) is 0 Å². The van der Waals surface area contributed by atoms with Crippen LogP contribution in [0.25, 0.3) is 0 Å². The molecule has 98 valence electrons. The Bertz CT molecular complexity index is 429. The normalized spacial score (nSPS) is 28.6. The van der Waals surface area contributed by atoms with Gasteiger partial charge in [-0.1, -0.05) is 38.0 Å². The Morgan fingerprint density at radius 2 is 2.17 bits per heavy atom. The molecule has 0 radical (unpaired) electrons. The summed E-state index contributed by atoms with van der Waals surface area (Å²) in [6.45, 7) is 3.19. The Morgan fingerprint density at radius 3 is 2.94 bits per heavy atom. The van der Waals surface area contributed by atoms with Gasteiger partial charge in [0.25, 0.3) is 0 Å². The van der Waals surface area contributed by atoms with E-state index < -0.39 is 0 Å². The summed E-state index contributed by atoms with van der Waals surface area (Å²) in [5, 5.41) is 0. The Balaban J connectivity index is 1.91. The highest BCUT2D eigenvalue weighted by Gasteiger charge is 2.31. The molecular formula is C16H23NO. The third kappa shape index (κ3) is 2.03. The lowest BCUT2D eigenvalue weighted by molar-refractivity contribution is 0.274. The van der Waals surface area contributed by atoms with Crippen molar-refractivity contribution in [2.45, 2.75) is 45.1 Å². The molecule has 18 heavy (non-hydrogen) atoms. The van der Waals surface area contributed by atoms with E-state index in [4.69, 9.17) is 10.5 Å². The summed E-state index contributed by atoms with van der Waals surface area (Å²) in [5.74, 6) is 2.47. The fourth-order valence-corrected chi connectivity index (χ4v) is 3.62. The molecule has 0 bridgehead atoms. The highest BCUT2D eigenvalue weighted by Crippen LogP contribution is 2.42. The molecule has 3 atom stereocenters. The minimum atomic E-state index is 0.149. The van der Waals surface area contributed by atoms with Crippen LogP contribution in [-0.4, -0.2) is 6.61 Å². The number of benzene rings is 1. The quantitative estimate of drug-likeness (QED) is 0.866. The van der Waals surface area contributed by atoms with Crippen LogP contribution in [0.4, 0.5) is 0 Å². The number of ether oxygens (including phenoxy) is 1. The third-order valence-corrected chi connectivity index (χ3v) is 4.71. The summed E-state index contributed by atoms with van der Waals surface area (Å²) in [4.78, 5) is 0. The van der Waals surface area contributed by atoms with Gasteiger partial charge in [-0.05, 0) is 36.7 Å². The SMILES string of the molecule is CC1CCCC1C(N)c1cccc2c1OCCC2. The molecule has 1 aliphatic heterocycles. The van der Waals surface area contributed by atoms with Crippen molar-refractivity contribution in [1.82, 2.24) is 0 Å². The highest BCUT2D eigenvalue weighted by atomic mass is 16.5. The van der Waals surface area contributed by atoms with Crippen LogP contribution in [0.3, 0.4) is 0 Å². The van der Waals surface area contributed by atoms with Crippen molar-refractivity contribution >= 4 is 0 Å².